The second-order valence-electron chi connectivity index (χ2n) is 6.40. The molecule has 3 nitrogen and oxygen atoms in total. The number of anilines is 1. The number of hydrogen-bond donors (Lipinski definition) is 2. The first-order chi connectivity index (χ1) is 11.3. The monoisotopic (exact) mass is 321 g/mol. The predicted molar refractivity (Wildman–Crippen MR) is 105 cm³/mol. The van der Waals surface area contributed by atoms with Crippen molar-refractivity contribution in [3.05, 3.63) is 76.5 Å². The third-order valence-electron chi connectivity index (χ3n) is 4.08. The minimum Gasteiger partial charge on any atom is -0.397 e. The fourth-order valence-corrected chi connectivity index (χ4v) is 2.75. The zero-order valence-corrected chi connectivity index (χ0v) is 15.2. The third kappa shape index (κ3) is 4.27. The Kier molecular flexibility index (Phi) is 5.47. The van der Waals surface area contributed by atoms with Gasteiger partial charge in [0.1, 0.15) is 0 Å². The molecule has 0 amide bonds. The fraction of sp³-hybridized carbons (Fsp3) is 0.238. The lowest BCUT2D eigenvalue weighted by molar-refractivity contribution is 1.07. The van der Waals surface area contributed by atoms with Gasteiger partial charge < -0.3 is 5.73 Å². The molecule has 0 bridgehead atoms. The Hall–Kier alpha value is -2.52. The van der Waals surface area contributed by atoms with E-state index in [1.165, 1.54) is 22.3 Å². The van der Waals surface area contributed by atoms with Crippen LogP contribution in [0.1, 0.15) is 41.7 Å². The van der Waals surface area contributed by atoms with Gasteiger partial charge in [0.05, 0.1) is 11.4 Å². The summed E-state index contributed by atoms with van der Waals surface area (Å²) in [6.07, 6.45) is 3.87. The van der Waals surface area contributed by atoms with E-state index in [-0.39, 0.29) is 0 Å². The molecule has 0 aliphatic heterocycles. The second-order valence-corrected chi connectivity index (χ2v) is 6.40. The van der Waals surface area contributed by atoms with Crippen molar-refractivity contribution in [3.8, 4) is 0 Å². The van der Waals surface area contributed by atoms with Crippen molar-refractivity contribution in [2.24, 2.45) is 11.6 Å². The van der Waals surface area contributed by atoms with Gasteiger partial charge in [-0.3, -0.25) is 5.01 Å². The van der Waals surface area contributed by atoms with Gasteiger partial charge in [-0.2, -0.15) is 0 Å². The molecule has 24 heavy (non-hydrogen) atoms. The van der Waals surface area contributed by atoms with Crippen LogP contribution in [-0.4, -0.2) is 0 Å². The Morgan fingerprint density at radius 3 is 2.00 bits per heavy atom. The molecule has 0 fully saturated rings. The summed E-state index contributed by atoms with van der Waals surface area (Å²) in [5.74, 6) is 6.25. The Balaban J connectivity index is 2.37. The molecule has 0 unspecified atom stereocenters. The number of hydrazine groups is 1. The molecule has 0 heterocycles. The van der Waals surface area contributed by atoms with E-state index in [1.54, 1.807) is 11.2 Å². The van der Waals surface area contributed by atoms with Crippen molar-refractivity contribution in [3.63, 3.8) is 0 Å². The van der Waals surface area contributed by atoms with Gasteiger partial charge in [0.2, 0.25) is 0 Å². The van der Waals surface area contributed by atoms with Gasteiger partial charge in [0, 0.05) is 6.20 Å². The number of benzene rings is 2. The van der Waals surface area contributed by atoms with E-state index in [1.807, 2.05) is 6.92 Å². The average molecular weight is 321 g/mol. The van der Waals surface area contributed by atoms with Crippen LogP contribution < -0.4 is 16.6 Å². The fourth-order valence-electron chi connectivity index (χ4n) is 2.75. The van der Waals surface area contributed by atoms with Gasteiger partial charge in [-0.05, 0) is 81.1 Å². The summed E-state index contributed by atoms with van der Waals surface area (Å²) < 4.78 is 0. The van der Waals surface area contributed by atoms with Crippen LogP contribution in [0.2, 0.25) is 0 Å². The van der Waals surface area contributed by atoms with Crippen LogP contribution in [0.15, 0.2) is 48.7 Å². The summed E-state index contributed by atoms with van der Waals surface area (Å²) in [6, 6.07) is 12.6. The first kappa shape index (κ1) is 17.8. The standard InChI is InChI=1S/C21H27N3/c1-6-17(5)18-8-16(4)11-20(12-18)24(23)13-21(22)19-9-14(2)7-15(3)10-19/h6-13H,22-23H2,1-5H3/b17-6+,21-13-. The van der Waals surface area contributed by atoms with Crippen LogP contribution >= 0.6 is 0 Å². The van der Waals surface area contributed by atoms with Gasteiger partial charge in [-0.15, -0.1) is 0 Å². The lowest BCUT2D eigenvalue weighted by atomic mass is 10.0. The maximum atomic E-state index is 6.26. The zero-order chi connectivity index (χ0) is 17.9. The van der Waals surface area contributed by atoms with Crippen LogP contribution in [0.25, 0.3) is 11.3 Å². The number of nitrogens with zero attached hydrogens (tertiary/aromatic N) is 1. The molecule has 0 saturated carbocycles. The van der Waals surface area contributed by atoms with Crippen LogP contribution in [0.4, 0.5) is 5.69 Å². The van der Waals surface area contributed by atoms with E-state index >= 15 is 0 Å². The molecule has 2 rings (SSSR count). The molecular weight excluding hydrogens is 294 g/mol. The number of allylic oxidation sites excluding steroid dienone is 2. The summed E-state index contributed by atoms with van der Waals surface area (Å²) in [5.41, 5.74) is 14.7. The Morgan fingerprint density at radius 2 is 1.42 bits per heavy atom. The largest absolute Gasteiger partial charge is 0.397 e. The molecule has 3 heteroatoms. The van der Waals surface area contributed by atoms with E-state index in [0.717, 1.165) is 16.8 Å². The number of aryl methyl sites for hydroxylation is 3. The lowest BCUT2D eigenvalue weighted by Gasteiger charge is -2.18. The Labute approximate surface area is 145 Å². The molecule has 2 aromatic rings. The molecule has 2 aromatic carbocycles. The van der Waals surface area contributed by atoms with E-state index in [9.17, 15) is 0 Å². The maximum Gasteiger partial charge on any atom is 0.0577 e. The predicted octanol–water partition coefficient (Wildman–Crippen LogP) is 4.67. The van der Waals surface area contributed by atoms with Crippen LogP contribution in [-0.2, 0) is 0 Å². The highest BCUT2D eigenvalue weighted by molar-refractivity contribution is 5.71. The molecule has 0 spiro atoms. The highest BCUT2D eigenvalue weighted by atomic mass is 15.4. The molecule has 0 aliphatic carbocycles. The smallest absolute Gasteiger partial charge is 0.0577 e. The SMILES string of the molecule is C/C=C(\C)c1cc(C)cc(N(N)/C=C(\N)c2cc(C)cc(C)c2)c1. The number of rotatable bonds is 4. The van der Waals surface area contributed by atoms with Crippen LogP contribution in [0.3, 0.4) is 0 Å². The summed E-state index contributed by atoms with van der Waals surface area (Å²) in [4.78, 5) is 0. The topological polar surface area (TPSA) is 55.3 Å². The van der Waals surface area contributed by atoms with Gasteiger partial charge in [0.25, 0.3) is 0 Å². The molecular formula is C21H27N3. The quantitative estimate of drug-likeness (QED) is 0.635. The van der Waals surface area contributed by atoms with Crippen molar-refractivity contribution in [1.82, 2.24) is 0 Å². The molecule has 0 atom stereocenters. The number of hydrogen-bond acceptors (Lipinski definition) is 3. The molecule has 126 valence electrons. The second kappa shape index (κ2) is 7.37. The van der Waals surface area contributed by atoms with Gasteiger partial charge in [-0.1, -0.05) is 29.3 Å². The van der Waals surface area contributed by atoms with Crippen molar-refractivity contribution in [1.29, 1.82) is 0 Å². The zero-order valence-electron chi connectivity index (χ0n) is 15.2. The maximum absolute atomic E-state index is 6.26. The van der Waals surface area contributed by atoms with Crippen molar-refractivity contribution < 1.29 is 0 Å². The third-order valence-corrected chi connectivity index (χ3v) is 4.08. The molecule has 0 radical (unpaired) electrons. The molecule has 4 N–H and O–H groups in total. The van der Waals surface area contributed by atoms with Crippen molar-refractivity contribution >= 4 is 17.0 Å². The molecule has 0 aromatic heterocycles. The van der Waals surface area contributed by atoms with Crippen molar-refractivity contribution in [2.45, 2.75) is 34.6 Å². The Bertz CT molecular complexity index is 780. The average Bonchev–Trinajstić information content (AvgIpc) is 2.52. The van der Waals surface area contributed by atoms with E-state index < -0.39 is 0 Å². The van der Waals surface area contributed by atoms with Crippen molar-refractivity contribution in [2.75, 3.05) is 5.01 Å². The molecule has 0 saturated heterocycles. The molecule has 0 aliphatic rings. The van der Waals surface area contributed by atoms with Crippen LogP contribution in [0.5, 0.6) is 0 Å². The minimum absolute atomic E-state index is 0.648. The minimum atomic E-state index is 0.648. The van der Waals surface area contributed by atoms with Gasteiger partial charge >= 0.3 is 0 Å². The number of nitrogens with two attached hydrogens (primary N) is 2. The van der Waals surface area contributed by atoms with Gasteiger partial charge in [0.15, 0.2) is 0 Å². The first-order valence-corrected chi connectivity index (χ1v) is 8.15. The van der Waals surface area contributed by atoms with Crippen LogP contribution in [0, 0.1) is 20.8 Å². The van der Waals surface area contributed by atoms with Gasteiger partial charge in [-0.25, -0.2) is 5.84 Å². The summed E-state index contributed by atoms with van der Waals surface area (Å²) in [5, 5.41) is 1.59. The summed E-state index contributed by atoms with van der Waals surface area (Å²) in [6.45, 7) is 10.3. The van der Waals surface area contributed by atoms with E-state index in [0.29, 0.717) is 5.70 Å². The highest BCUT2D eigenvalue weighted by Crippen LogP contribution is 2.23. The summed E-state index contributed by atoms with van der Waals surface area (Å²) in [7, 11) is 0. The lowest BCUT2D eigenvalue weighted by Crippen LogP contribution is -2.26. The highest BCUT2D eigenvalue weighted by Gasteiger charge is 2.06. The Morgan fingerprint density at radius 1 is 0.875 bits per heavy atom. The first-order valence-electron chi connectivity index (χ1n) is 8.15. The van der Waals surface area contributed by atoms with E-state index in [4.69, 9.17) is 11.6 Å². The normalized spacial score (nSPS) is 12.4. The summed E-state index contributed by atoms with van der Waals surface area (Å²) >= 11 is 0. The van der Waals surface area contributed by atoms with E-state index in [2.05, 4.69) is 70.2 Å².